The van der Waals surface area contributed by atoms with Crippen molar-refractivity contribution in [3.8, 4) is 11.8 Å². The number of aliphatic hydroxyl groups excluding tert-OH is 1. The Morgan fingerprint density at radius 2 is 1.92 bits per heavy atom. The highest BCUT2D eigenvalue weighted by Crippen LogP contribution is 2.46. The lowest BCUT2D eigenvalue weighted by Crippen LogP contribution is -2.41. The molecule has 1 aliphatic heterocycles. The standard InChI is InChI=1S/C18H20N2O4/c19-10-13-3-5-15(6-4-13)24-12-14(21)11-20-16(22)9-18(17(20)23)7-1-2-8-18/h3-6,14,21H,1-2,7-9,11-12H2/t14-/m0/s1. The zero-order valence-corrected chi connectivity index (χ0v) is 13.4. The van der Waals surface area contributed by atoms with E-state index in [1.807, 2.05) is 6.07 Å². The Morgan fingerprint density at radius 1 is 1.25 bits per heavy atom. The van der Waals surface area contributed by atoms with Crippen LogP contribution in [0.15, 0.2) is 24.3 Å². The molecule has 24 heavy (non-hydrogen) atoms. The van der Waals surface area contributed by atoms with Crippen LogP contribution in [0.5, 0.6) is 5.75 Å². The van der Waals surface area contributed by atoms with E-state index < -0.39 is 11.5 Å². The van der Waals surface area contributed by atoms with E-state index in [4.69, 9.17) is 10.00 Å². The third kappa shape index (κ3) is 3.13. The predicted molar refractivity (Wildman–Crippen MR) is 84.9 cm³/mol. The molecule has 1 saturated carbocycles. The maximum absolute atomic E-state index is 12.5. The highest BCUT2D eigenvalue weighted by Gasteiger charge is 2.52. The van der Waals surface area contributed by atoms with E-state index in [-0.39, 0.29) is 31.4 Å². The summed E-state index contributed by atoms with van der Waals surface area (Å²) in [6, 6.07) is 8.55. The summed E-state index contributed by atoms with van der Waals surface area (Å²) in [6.45, 7) is -0.0499. The van der Waals surface area contributed by atoms with Crippen LogP contribution in [-0.4, -0.2) is 41.1 Å². The largest absolute Gasteiger partial charge is 0.491 e. The van der Waals surface area contributed by atoms with Crippen molar-refractivity contribution in [2.24, 2.45) is 5.41 Å². The van der Waals surface area contributed by atoms with Crippen molar-refractivity contribution in [2.75, 3.05) is 13.2 Å². The van der Waals surface area contributed by atoms with Crippen molar-refractivity contribution in [1.29, 1.82) is 5.26 Å². The molecule has 2 fully saturated rings. The molecule has 1 aromatic rings. The van der Waals surface area contributed by atoms with E-state index >= 15 is 0 Å². The number of ether oxygens (including phenoxy) is 1. The van der Waals surface area contributed by atoms with Crippen molar-refractivity contribution in [2.45, 2.75) is 38.2 Å². The number of rotatable bonds is 5. The molecular weight excluding hydrogens is 308 g/mol. The quantitative estimate of drug-likeness (QED) is 0.829. The third-order valence-corrected chi connectivity index (χ3v) is 4.87. The van der Waals surface area contributed by atoms with Crippen LogP contribution in [-0.2, 0) is 9.59 Å². The van der Waals surface area contributed by atoms with E-state index in [1.165, 1.54) is 4.90 Å². The lowest BCUT2D eigenvalue weighted by molar-refractivity contribution is -0.143. The highest BCUT2D eigenvalue weighted by molar-refractivity contribution is 6.06. The predicted octanol–water partition coefficient (Wildman–Crippen LogP) is 1.62. The first-order chi connectivity index (χ1) is 11.5. The molecule has 1 aromatic carbocycles. The highest BCUT2D eigenvalue weighted by atomic mass is 16.5. The van der Waals surface area contributed by atoms with Crippen molar-refractivity contribution in [3.63, 3.8) is 0 Å². The second kappa shape index (κ2) is 6.62. The molecule has 0 radical (unpaired) electrons. The molecule has 6 heteroatoms. The maximum atomic E-state index is 12.5. The van der Waals surface area contributed by atoms with Crippen LogP contribution < -0.4 is 4.74 Å². The number of likely N-dealkylation sites (tertiary alicyclic amines) is 1. The lowest BCUT2D eigenvalue weighted by atomic mass is 9.84. The fourth-order valence-electron chi connectivity index (χ4n) is 3.57. The summed E-state index contributed by atoms with van der Waals surface area (Å²) < 4.78 is 5.46. The van der Waals surface area contributed by atoms with Gasteiger partial charge in [0, 0.05) is 6.42 Å². The molecule has 126 valence electrons. The van der Waals surface area contributed by atoms with Crippen molar-refractivity contribution in [3.05, 3.63) is 29.8 Å². The van der Waals surface area contributed by atoms with E-state index in [0.717, 1.165) is 25.7 Å². The Labute approximate surface area is 140 Å². The Balaban J connectivity index is 1.54. The number of hydrogen-bond acceptors (Lipinski definition) is 5. The fourth-order valence-corrected chi connectivity index (χ4v) is 3.57. The van der Waals surface area contributed by atoms with Gasteiger partial charge in [0.05, 0.1) is 23.6 Å². The van der Waals surface area contributed by atoms with Crippen LogP contribution >= 0.6 is 0 Å². The van der Waals surface area contributed by atoms with Gasteiger partial charge in [0.25, 0.3) is 0 Å². The van der Waals surface area contributed by atoms with Crippen LogP contribution in [0.3, 0.4) is 0 Å². The minimum atomic E-state index is -0.940. The Bertz CT molecular complexity index is 671. The monoisotopic (exact) mass is 328 g/mol. The molecule has 1 aliphatic carbocycles. The number of aliphatic hydroxyl groups is 1. The van der Waals surface area contributed by atoms with Gasteiger partial charge in [-0.15, -0.1) is 0 Å². The summed E-state index contributed by atoms with van der Waals surface area (Å²) in [6.07, 6.45) is 2.84. The molecule has 2 amide bonds. The van der Waals surface area contributed by atoms with Crippen LogP contribution in [0.4, 0.5) is 0 Å². The fraction of sp³-hybridized carbons (Fsp3) is 0.500. The second-order valence-electron chi connectivity index (χ2n) is 6.57. The lowest BCUT2D eigenvalue weighted by Gasteiger charge is -2.22. The van der Waals surface area contributed by atoms with E-state index in [2.05, 4.69) is 0 Å². The van der Waals surface area contributed by atoms with Gasteiger partial charge in [0.15, 0.2) is 0 Å². The summed E-state index contributed by atoms with van der Waals surface area (Å²) in [5.74, 6) is 0.195. The number of amides is 2. The molecule has 0 unspecified atom stereocenters. The number of carbonyl (C=O) groups excluding carboxylic acids is 2. The van der Waals surface area contributed by atoms with Crippen molar-refractivity contribution < 1.29 is 19.4 Å². The topological polar surface area (TPSA) is 90.6 Å². The van der Waals surface area contributed by atoms with Gasteiger partial charge in [-0.05, 0) is 37.1 Å². The van der Waals surface area contributed by atoms with E-state index in [0.29, 0.717) is 11.3 Å². The van der Waals surface area contributed by atoms with Gasteiger partial charge in [-0.2, -0.15) is 5.26 Å². The Morgan fingerprint density at radius 3 is 2.54 bits per heavy atom. The molecule has 1 atom stereocenters. The van der Waals surface area contributed by atoms with Gasteiger partial charge >= 0.3 is 0 Å². The SMILES string of the molecule is N#Cc1ccc(OC[C@@H](O)CN2C(=O)CC3(CCCC3)C2=O)cc1. The van der Waals surface area contributed by atoms with Crippen LogP contribution in [0, 0.1) is 16.7 Å². The van der Waals surface area contributed by atoms with Crippen LogP contribution in [0.1, 0.15) is 37.7 Å². The molecule has 0 aromatic heterocycles. The smallest absolute Gasteiger partial charge is 0.235 e. The van der Waals surface area contributed by atoms with Gasteiger partial charge in [-0.1, -0.05) is 12.8 Å². The zero-order valence-electron chi connectivity index (χ0n) is 13.4. The molecule has 1 spiro atoms. The maximum Gasteiger partial charge on any atom is 0.235 e. The molecule has 1 saturated heterocycles. The molecule has 2 aliphatic rings. The molecule has 6 nitrogen and oxygen atoms in total. The number of hydrogen-bond donors (Lipinski definition) is 1. The first-order valence-corrected chi connectivity index (χ1v) is 8.20. The number of β-amino-alcohol motifs (C(OH)–C–C–N with tert-alkyl or cyclic N) is 1. The second-order valence-corrected chi connectivity index (χ2v) is 6.57. The third-order valence-electron chi connectivity index (χ3n) is 4.87. The summed E-state index contributed by atoms with van der Waals surface area (Å²) in [4.78, 5) is 25.9. The molecule has 0 bridgehead atoms. The average molecular weight is 328 g/mol. The first kappa shape index (κ1) is 16.5. The van der Waals surface area contributed by atoms with Crippen LogP contribution in [0.2, 0.25) is 0 Å². The number of nitriles is 1. The van der Waals surface area contributed by atoms with Gasteiger partial charge in [-0.3, -0.25) is 14.5 Å². The van der Waals surface area contributed by atoms with E-state index in [1.54, 1.807) is 24.3 Å². The number of carbonyl (C=O) groups is 2. The van der Waals surface area contributed by atoms with Gasteiger partial charge in [0.2, 0.25) is 11.8 Å². The van der Waals surface area contributed by atoms with Crippen molar-refractivity contribution >= 4 is 11.8 Å². The number of nitrogens with zero attached hydrogens (tertiary/aromatic N) is 2. The molecular formula is C18H20N2O4. The molecule has 3 rings (SSSR count). The summed E-state index contributed by atoms with van der Waals surface area (Å²) in [5, 5.41) is 18.9. The molecule has 1 N–H and O–H groups in total. The summed E-state index contributed by atoms with van der Waals surface area (Å²) in [7, 11) is 0. The number of imide groups is 1. The zero-order chi connectivity index (χ0) is 17.2. The summed E-state index contributed by atoms with van der Waals surface area (Å²) >= 11 is 0. The van der Waals surface area contributed by atoms with Gasteiger partial charge < -0.3 is 9.84 Å². The Hall–Kier alpha value is -2.39. The van der Waals surface area contributed by atoms with Gasteiger partial charge in [-0.25, -0.2) is 0 Å². The minimum absolute atomic E-state index is 0.0179. The molecule has 1 heterocycles. The normalized spacial score (nSPS) is 20.4. The number of benzene rings is 1. The van der Waals surface area contributed by atoms with Gasteiger partial charge in [0.1, 0.15) is 18.5 Å². The minimum Gasteiger partial charge on any atom is -0.491 e. The first-order valence-electron chi connectivity index (χ1n) is 8.20. The average Bonchev–Trinajstić information content (AvgIpc) is 3.14. The summed E-state index contributed by atoms with van der Waals surface area (Å²) in [5.41, 5.74) is 0.0168. The Kier molecular flexibility index (Phi) is 4.54. The van der Waals surface area contributed by atoms with E-state index in [9.17, 15) is 14.7 Å². The van der Waals surface area contributed by atoms with Crippen molar-refractivity contribution in [1.82, 2.24) is 4.90 Å². The van der Waals surface area contributed by atoms with Crippen LogP contribution in [0.25, 0.3) is 0 Å².